The number of carbonyl (C=O) groups excluding carboxylic acids is 1. The van der Waals surface area contributed by atoms with E-state index in [1.807, 2.05) is 13.2 Å². The average Bonchev–Trinajstić information content (AvgIpc) is 2.91. The third kappa shape index (κ3) is 3.79. The first-order valence-electron chi connectivity index (χ1n) is 6.73. The molecule has 1 aliphatic rings. The van der Waals surface area contributed by atoms with Crippen LogP contribution in [0.1, 0.15) is 13.3 Å². The van der Waals surface area contributed by atoms with Crippen molar-refractivity contribution in [3.05, 3.63) is 0 Å². The van der Waals surface area contributed by atoms with Gasteiger partial charge >= 0.3 is 12.0 Å². The zero-order valence-electron chi connectivity index (χ0n) is 12.5. The van der Waals surface area contributed by atoms with E-state index < -0.39 is 17.9 Å². The molecule has 0 radical (unpaired) electrons. The summed E-state index contributed by atoms with van der Waals surface area (Å²) in [6, 6.07) is -0.382. The molecule has 6 nitrogen and oxygen atoms in total. The number of carboxylic acid groups (broad SMARTS) is 1. The van der Waals surface area contributed by atoms with Crippen molar-refractivity contribution in [1.82, 2.24) is 9.80 Å². The maximum atomic E-state index is 12.5. The minimum atomic E-state index is -0.911. The van der Waals surface area contributed by atoms with Gasteiger partial charge < -0.3 is 19.6 Å². The quantitative estimate of drug-likeness (QED) is 0.799. The largest absolute Gasteiger partial charge is 0.481 e. The molecule has 1 heterocycles. The number of thioether (sulfide) groups is 1. The lowest BCUT2D eigenvalue weighted by Gasteiger charge is -2.34. The molecule has 0 bridgehead atoms. The molecule has 116 valence electrons. The number of nitrogens with zero attached hydrogens (tertiary/aromatic N) is 2. The number of carbonyl (C=O) groups is 2. The smallest absolute Gasteiger partial charge is 0.320 e. The monoisotopic (exact) mass is 304 g/mol. The summed E-state index contributed by atoms with van der Waals surface area (Å²) in [6.45, 7) is 2.50. The fraction of sp³-hybridized carbons (Fsp3) is 0.846. The van der Waals surface area contributed by atoms with E-state index in [-0.39, 0.29) is 25.3 Å². The Balaban J connectivity index is 2.72. The summed E-state index contributed by atoms with van der Waals surface area (Å²) in [5.41, 5.74) is 0. The van der Waals surface area contributed by atoms with Crippen molar-refractivity contribution in [2.24, 2.45) is 5.92 Å². The van der Waals surface area contributed by atoms with Crippen molar-refractivity contribution >= 4 is 23.8 Å². The molecule has 0 aromatic rings. The van der Waals surface area contributed by atoms with Gasteiger partial charge in [-0.25, -0.2) is 4.79 Å². The van der Waals surface area contributed by atoms with E-state index in [1.165, 1.54) is 4.90 Å². The van der Waals surface area contributed by atoms with Crippen LogP contribution in [-0.4, -0.2) is 78.3 Å². The molecule has 0 aliphatic carbocycles. The molecule has 2 amide bonds. The number of urea groups is 1. The third-order valence-corrected chi connectivity index (χ3v) is 4.56. The Bertz CT molecular complexity index is 353. The summed E-state index contributed by atoms with van der Waals surface area (Å²) in [5, 5.41) is 9.16. The molecule has 1 aliphatic heterocycles. The maximum absolute atomic E-state index is 12.5. The van der Waals surface area contributed by atoms with Gasteiger partial charge in [-0.2, -0.15) is 11.8 Å². The topological polar surface area (TPSA) is 70.1 Å². The standard InChI is InChI=1S/C13H24N2O4S/c1-5-9(8-20-4)14(2)13(18)15(3)11-7-19-6-10(11)12(16)17/h9-11H,5-8H2,1-4H3,(H,16,17). The van der Waals surface area contributed by atoms with E-state index in [4.69, 9.17) is 9.84 Å². The van der Waals surface area contributed by atoms with Crippen LogP contribution in [0.15, 0.2) is 0 Å². The predicted molar refractivity (Wildman–Crippen MR) is 79.1 cm³/mol. The van der Waals surface area contributed by atoms with Crippen LogP contribution in [0.5, 0.6) is 0 Å². The molecule has 3 atom stereocenters. The van der Waals surface area contributed by atoms with Crippen LogP contribution in [0.4, 0.5) is 4.79 Å². The Hall–Kier alpha value is -0.950. The second-order valence-electron chi connectivity index (χ2n) is 5.07. The lowest BCUT2D eigenvalue weighted by atomic mass is 10.0. The maximum Gasteiger partial charge on any atom is 0.320 e. The minimum absolute atomic E-state index is 0.146. The van der Waals surface area contributed by atoms with Crippen molar-refractivity contribution in [2.45, 2.75) is 25.4 Å². The number of likely N-dealkylation sites (N-methyl/N-ethyl adjacent to an activating group) is 1. The van der Waals surface area contributed by atoms with Crippen molar-refractivity contribution in [1.29, 1.82) is 0 Å². The summed E-state index contributed by atoms with van der Waals surface area (Å²) in [5.74, 6) is -0.681. The number of hydrogen-bond donors (Lipinski definition) is 1. The zero-order valence-corrected chi connectivity index (χ0v) is 13.4. The Morgan fingerprint density at radius 1 is 1.40 bits per heavy atom. The Morgan fingerprint density at radius 2 is 2.05 bits per heavy atom. The van der Waals surface area contributed by atoms with Crippen LogP contribution in [0.2, 0.25) is 0 Å². The molecule has 0 aromatic heterocycles. The van der Waals surface area contributed by atoms with Crippen molar-refractivity contribution in [3.63, 3.8) is 0 Å². The molecular weight excluding hydrogens is 280 g/mol. The molecule has 1 saturated heterocycles. The number of ether oxygens (including phenoxy) is 1. The van der Waals surface area contributed by atoms with Crippen LogP contribution in [0.25, 0.3) is 0 Å². The molecule has 0 saturated carbocycles. The van der Waals surface area contributed by atoms with Gasteiger partial charge in [-0.1, -0.05) is 6.92 Å². The van der Waals surface area contributed by atoms with E-state index >= 15 is 0 Å². The first kappa shape index (κ1) is 17.1. The van der Waals surface area contributed by atoms with E-state index in [9.17, 15) is 9.59 Å². The van der Waals surface area contributed by atoms with Gasteiger partial charge in [-0.3, -0.25) is 4.79 Å². The summed E-state index contributed by atoms with van der Waals surface area (Å²) in [4.78, 5) is 26.8. The van der Waals surface area contributed by atoms with Gasteiger partial charge in [0, 0.05) is 25.9 Å². The minimum Gasteiger partial charge on any atom is -0.481 e. The van der Waals surface area contributed by atoms with Crippen molar-refractivity contribution in [2.75, 3.05) is 39.3 Å². The number of carboxylic acids is 1. The summed E-state index contributed by atoms with van der Waals surface area (Å²) < 4.78 is 5.22. The fourth-order valence-electron chi connectivity index (χ4n) is 2.40. The van der Waals surface area contributed by atoms with Gasteiger partial charge in [0.2, 0.25) is 0 Å². The third-order valence-electron chi connectivity index (χ3n) is 3.85. The van der Waals surface area contributed by atoms with Gasteiger partial charge in [-0.15, -0.1) is 0 Å². The van der Waals surface area contributed by atoms with Crippen LogP contribution in [0, 0.1) is 5.92 Å². The SMILES string of the molecule is CCC(CSC)N(C)C(=O)N(C)C1COCC1C(=O)O. The predicted octanol–water partition coefficient (Wildman–Crippen LogP) is 1.21. The van der Waals surface area contributed by atoms with Crippen molar-refractivity contribution in [3.8, 4) is 0 Å². The second kappa shape index (κ2) is 7.73. The highest BCUT2D eigenvalue weighted by Gasteiger charge is 2.39. The van der Waals surface area contributed by atoms with Gasteiger partial charge in [0.05, 0.1) is 19.3 Å². The van der Waals surface area contributed by atoms with Gasteiger partial charge in [0.1, 0.15) is 5.92 Å². The van der Waals surface area contributed by atoms with Gasteiger partial charge in [0.15, 0.2) is 0 Å². The van der Waals surface area contributed by atoms with E-state index in [0.717, 1.165) is 12.2 Å². The molecule has 20 heavy (non-hydrogen) atoms. The zero-order chi connectivity index (χ0) is 15.3. The molecule has 7 heteroatoms. The fourth-order valence-corrected chi connectivity index (χ4v) is 3.25. The van der Waals surface area contributed by atoms with Crippen molar-refractivity contribution < 1.29 is 19.4 Å². The molecule has 1 rings (SSSR count). The summed E-state index contributed by atoms with van der Waals surface area (Å²) in [6.07, 6.45) is 2.89. The second-order valence-corrected chi connectivity index (χ2v) is 5.98. The number of aliphatic carboxylic acids is 1. The lowest BCUT2D eigenvalue weighted by molar-refractivity contribution is -0.142. The Labute approximate surface area is 124 Å². The average molecular weight is 304 g/mol. The highest BCUT2D eigenvalue weighted by molar-refractivity contribution is 7.98. The summed E-state index contributed by atoms with van der Waals surface area (Å²) >= 11 is 1.70. The lowest BCUT2D eigenvalue weighted by Crippen LogP contribution is -2.51. The number of hydrogen-bond acceptors (Lipinski definition) is 4. The van der Waals surface area contributed by atoms with Crippen LogP contribution < -0.4 is 0 Å². The highest BCUT2D eigenvalue weighted by Crippen LogP contribution is 2.21. The van der Waals surface area contributed by atoms with Crippen LogP contribution in [0.3, 0.4) is 0 Å². The highest BCUT2D eigenvalue weighted by atomic mass is 32.2. The molecule has 1 N–H and O–H groups in total. The van der Waals surface area contributed by atoms with Gasteiger partial charge in [0.25, 0.3) is 0 Å². The first-order valence-corrected chi connectivity index (χ1v) is 8.12. The molecule has 0 spiro atoms. The molecular formula is C13H24N2O4S. The van der Waals surface area contributed by atoms with Crippen LogP contribution >= 0.6 is 11.8 Å². The first-order chi connectivity index (χ1) is 9.43. The Kier molecular flexibility index (Phi) is 6.61. The van der Waals surface area contributed by atoms with E-state index in [2.05, 4.69) is 0 Å². The molecule has 1 fully saturated rings. The summed E-state index contributed by atoms with van der Waals surface area (Å²) in [7, 11) is 3.43. The van der Waals surface area contributed by atoms with Crippen LogP contribution in [-0.2, 0) is 9.53 Å². The van der Waals surface area contributed by atoms with E-state index in [0.29, 0.717) is 0 Å². The molecule has 0 aromatic carbocycles. The Morgan fingerprint density at radius 3 is 2.55 bits per heavy atom. The van der Waals surface area contributed by atoms with Gasteiger partial charge in [-0.05, 0) is 12.7 Å². The number of amides is 2. The normalized spacial score (nSPS) is 23.4. The molecule has 3 unspecified atom stereocenters. The number of rotatable bonds is 6. The van der Waals surface area contributed by atoms with E-state index in [1.54, 1.807) is 30.8 Å².